The minimum Gasteiger partial charge on any atom is -0.504 e. The van der Waals surface area contributed by atoms with E-state index in [0.717, 1.165) is 11.3 Å². The Bertz CT molecular complexity index is 958. The summed E-state index contributed by atoms with van der Waals surface area (Å²) in [5.41, 5.74) is 1.40. The van der Waals surface area contributed by atoms with Gasteiger partial charge in [0.1, 0.15) is 11.8 Å². The highest BCUT2D eigenvalue weighted by molar-refractivity contribution is 7.83. The van der Waals surface area contributed by atoms with Crippen LogP contribution in [0.15, 0.2) is 43.7 Å². The molecule has 1 aromatic heterocycles. The highest BCUT2D eigenvalue weighted by Crippen LogP contribution is 2.27. The number of hydrogen-bond donors (Lipinski definition) is 3. The lowest BCUT2D eigenvalue weighted by Crippen LogP contribution is -2.36. The Kier molecular flexibility index (Phi) is 5.04. The highest BCUT2D eigenvalue weighted by atomic mass is 32.2. The molecule has 2 atom stereocenters. The van der Waals surface area contributed by atoms with Crippen LogP contribution in [0.4, 0.5) is 5.69 Å². The molecule has 2 aromatic rings. The second kappa shape index (κ2) is 7.41. The number of phenolic OH excluding ortho intramolecular Hbond substituents is 1. The largest absolute Gasteiger partial charge is 0.504 e. The molecule has 0 spiro atoms. The Morgan fingerprint density at radius 1 is 1.38 bits per heavy atom. The number of furan rings is 1. The van der Waals surface area contributed by atoms with Gasteiger partial charge in [0.2, 0.25) is 0 Å². The fourth-order valence-electron chi connectivity index (χ4n) is 2.48. The Hall–Kier alpha value is -3.12. The first-order valence-electron chi connectivity index (χ1n) is 7.92. The van der Waals surface area contributed by atoms with Crippen LogP contribution < -0.4 is 10.6 Å². The molecule has 9 heteroatoms. The van der Waals surface area contributed by atoms with E-state index < -0.39 is 11.2 Å². The summed E-state index contributed by atoms with van der Waals surface area (Å²) in [6, 6.07) is 8.34. The number of phenols is 1. The second-order valence-electron chi connectivity index (χ2n) is 5.68. The molecule has 8 nitrogen and oxygen atoms in total. The third-order valence-corrected chi connectivity index (χ3v) is 4.46. The molecule has 0 amide bonds. The standard InChI is InChI=1S/C17H17N5O3S/c1-3-12(14-7-10(2)9-25-14)19-16-17(22-26(24)21-16)20-13-6-4-5-11(8-18)15(13)23/h4-7,9,12,23H,3H2,1-2H3,(H,19,21)(H,20,22). The zero-order valence-electron chi connectivity index (χ0n) is 14.2. The molecule has 0 saturated heterocycles. The molecular weight excluding hydrogens is 354 g/mol. The summed E-state index contributed by atoms with van der Waals surface area (Å²) >= 11 is -1.77. The van der Waals surface area contributed by atoms with E-state index in [-0.39, 0.29) is 28.9 Å². The summed E-state index contributed by atoms with van der Waals surface area (Å²) in [5, 5.41) is 25.2. The fraction of sp³-hybridized carbons (Fsp3) is 0.235. The monoisotopic (exact) mass is 371 g/mol. The number of anilines is 1. The van der Waals surface area contributed by atoms with Crippen LogP contribution in [0, 0.1) is 18.3 Å². The Balaban J connectivity index is 1.82. The number of nitrogens with zero attached hydrogens (tertiary/aromatic N) is 3. The van der Waals surface area contributed by atoms with E-state index in [1.54, 1.807) is 18.4 Å². The van der Waals surface area contributed by atoms with Crippen LogP contribution in [0.2, 0.25) is 0 Å². The number of aromatic hydroxyl groups is 1. The van der Waals surface area contributed by atoms with Gasteiger partial charge in [0, 0.05) is 0 Å². The predicted octanol–water partition coefficient (Wildman–Crippen LogP) is 2.71. The molecule has 0 aliphatic carbocycles. The average Bonchev–Trinajstić information content (AvgIpc) is 3.20. The summed E-state index contributed by atoms with van der Waals surface area (Å²) in [5.74, 6) is 1.05. The average molecular weight is 371 g/mol. The van der Waals surface area contributed by atoms with Crippen molar-refractivity contribution in [2.75, 3.05) is 5.32 Å². The number of aryl methyl sites for hydroxylation is 1. The van der Waals surface area contributed by atoms with Crippen LogP contribution >= 0.6 is 0 Å². The van der Waals surface area contributed by atoms with Crippen LogP contribution in [0.3, 0.4) is 0 Å². The third kappa shape index (κ3) is 3.60. The van der Waals surface area contributed by atoms with Crippen molar-refractivity contribution >= 4 is 28.5 Å². The van der Waals surface area contributed by atoms with E-state index in [0.29, 0.717) is 12.3 Å². The first kappa shape index (κ1) is 17.7. The maximum absolute atomic E-state index is 11.8. The Labute approximate surface area is 153 Å². The van der Waals surface area contributed by atoms with Gasteiger partial charge in [0.05, 0.1) is 23.6 Å². The highest BCUT2D eigenvalue weighted by Gasteiger charge is 2.24. The van der Waals surface area contributed by atoms with Crippen LogP contribution in [-0.2, 0) is 11.2 Å². The van der Waals surface area contributed by atoms with Crippen molar-refractivity contribution in [1.29, 1.82) is 5.26 Å². The van der Waals surface area contributed by atoms with Crippen LogP contribution in [0.25, 0.3) is 0 Å². The lowest BCUT2D eigenvalue weighted by Gasteiger charge is -2.17. The molecule has 26 heavy (non-hydrogen) atoms. The quantitative estimate of drug-likeness (QED) is 0.710. The lowest BCUT2D eigenvalue weighted by atomic mass is 10.1. The normalized spacial score (nSPS) is 17.2. The molecule has 0 radical (unpaired) electrons. The van der Waals surface area contributed by atoms with E-state index >= 15 is 0 Å². The minimum absolute atomic E-state index is 0.124. The van der Waals surface area contributed by atoms with Crippen LogP contribution in [0.1, 0.15) is 36.3 Å². The molecule has 3 N–H and O–H groups in total. The maximum atomic E-state index is 11.8. The van der Waals surface area contributed by atoms with Gasteiger partial charge in [0.25, 0.3) is 11.2 Å². The molecule has 0 bridgehead atoms. The van der Waals surface area contributed by atoms with Gasteiger partial charge in [-0.3, -0.25) is 0 Å². The third-order valence-electron chi connectivity index (χ3n) is 3.79. The minimum atomic E-state index is -1.77. The van der Waals surface area contributed by atoms with Crippen molar-refractivity contribution in [1.82, 2.24) is 5.32 Å². The number of hydrogen-bond acceptors (Lipinski definition) is 6. The summed E-state index contributed by atoms with van der Waals surface area (Å²) < 4.78 is 25.2. The number of para-hydroxylation sites is 1. The molecule has 2 unspecified atom stereocenters. The van der Waals surface area contributed by atoms with Gasteiger partial charge in [-0.1, -0.05) is 13.0 Å². The molecule has 3 rings (SSSR count). The van der Waals surface area contributed by atoms with E-state index in [4.69, 9.17) is 9.68 Å². The number of amidine groups is 2. The summed E-state index contributed by atoms with van der Waals surface area (Å²) in [6.07, 6.45) is 2.37. The molecule has 1 aliphatic rings. The van der Waals surface area contributed by atoms with E-state index in [1.165, 1.54) is 6.07 Å². The van der Waals surface area contributed by atoms with Crippen molar-refractivity contribution in [2.45, 2.75) is 26.3 Å². The van der Waals surface area contributed by atoms with Gasteiger partial charge < -0.3 is 20.2 Å². The van der Waals surface area contributed by atoms with Gasteiger partial charge in [-0.2, -0.15) is 5.26 Å². The zero-order valence-corrected chi connectivity index (χ0v) is 15.0. The topological polar surface area (TPSA) is 123 Å². The van der Waals surface area contributed by atoms with Gasteiger partial charge >= 0.3 is 0 Å². The van der Waals surface area contributed by atoms with Crippen molar-refractivity contribution in [3.05, 3.63) is 47.4 Å². The molecule has 1 aromatic carbocycles. The van der Waals surface area contributed by atoms with Gasteiger partial charge in [-0.15, -0.1) is 8.80 Å². The molecule has 0 fully saturated rings. The van der Waals surface area contributed by atoms with Crippen molar-refractivity contribution in [3.8, 4) is 11.8 Å². The van der Waals surface area contributed by atoms with Crippen LogP contribution in [-0.4, -0.2) is 21.0 Å². The smallest absolute Gasteiger partial charge is 0.269 e. The molecule has 2 heterocycles. The Morgan fingerprint density at radius 3 is 2.81 bits per heavy atom. The number of rotatable bonds is 4. The SMILES string of the molecule is CCC(NC1=NS(=O)N=C1Nc1cccc(C#N)c1O)c1cc(C)co1. The fourth-order valence-corrected chi connectivity index (χ4v) is 3.10. The van der Waals surface area contributed by atoms with Gasteiger partial charge in [-0.05, 0) is 37.1 Å². The zero-order chi connectivity index (χ0) is 18.7. The summed E-state index contributed by atoms with van der Waals surface area (Å²) in [7, 11) is 0. The lowest BCUT2D eigenvalue weighted by molar-refractivity contribution is 0.440. The van der Waals surface area contributed by atoms with Crippen LogP contribution in [0.5, 0.6) is 5.75 Å². The summed E-state index contributed by atoms with van der Waals surface area (Å²) in [6.45, 7) is 3.91. The second-order valence-corrected chi connectivity index (χ2v) is 6.51. The number of nitriles is 1. The predicted molar refractivity (Wildman–Crippen MR) is 99.1 cm³/mol. The molecular formula is C17H17N5O3S. The maximum Gasteiger partial charge on any atom is 0.269 e. The van der Waals surface area contributed by atoms with E-state index in [9.17, 15) is 9.32 Å². The molecule has 134 valence electrons. The summed E-state index contributed by atoms with van der Waals surface area (Å²) in [4.78, 5) is 0. The number of nitrogens with one attached hydrogen (secondary N) is 2. The van der Waals surface area contributed by atoms with Gasteiger partial charge in [0.15, 0.2) is 17.4 Å². The number of benzene rings is 1. The van der Waals surface area contributed by atoms with Crippen molar-refractivity contribution < 1.29 is 13.7 Å². The van der Waals surface area contributed by atoms with Gasteiger partial charge in [-0.25, -0.2) is 4.21 Å². The first-order valence-corrected chi connectivity index (χ1v) is 8.98. The molecule has 1 aliphatic heterocycles. The van der Waals surface area contributed by atoms with Crippen molar-refractivity contribution in [3.63, 3.8) is 0 Å². The molecule has 0 saturated carbocycles. The van der Waals surface area contributed by atoms with E-state index in [2.05, 4.69) is 19.4 Å². The first-order chi connectivity index (χ1) is 12.5. The Morgan fingerprint density at radius 2 is 2.15 bits per heavy atom. The van der Waals surface area contributed by atoms with E-state index in [1.807, 2.05) is 26.0 Å². The van der Waals surface area contributed by atoms with Crippen molar-refractivity contribution in [2.24, 2.45) is 8.80 Å².